The summed E-state index contributed by atoms with van der Waals surface area (Å²) < 4.78 is 25.1. The van der Waals surface area contributed by atoms with Gasteiger partial charge in [0.2, 0.25) is 15.7 Å². The lowest BCUT2D eigenvalue weighted by Crippen LogP contribution is -2.32. The summed E-state index contributed by atoms with van der Waals surface area (Å²) in [6.45, 7) is 2.97. The first-order valence-corrected chi connectivity index (χ1v) is 8.73. The average molecular weight is 346 g/mol. The van der Waals surface area contributed by atoms with Crippen LogP contribution in [0.2, 0.25) is 0 Å². The fourth-order valence-electron chi connectivity index (χ4n) is 1.98. The second-order valence-electron chi connectivity index (χ2n) is 5.39. The Morgan fingerprint density at radius 2 is 1.42 bits per heavy atom. The molecule has 2 aromatic carbocycles. The molecular weight excluding hydrogens is 328 g/mol. The van der Waals surface area contributed by atoms with E-state index in [9.17, 15) is 18.0 Å². The van der Waals surface area contributed by atoms with Gasteiger partial charge in [-0.15, -0.1) is 0 Å². The third-order valence-corrected chi connectivity index (χ3v) is 5.20. The highest BCUT2D eigenvalue weighted by molar-refractivity contribution is 7.91. The summed E-state index contributed by atoms with van der Waals surface area (Å²) in [6, 6.07) is 10.9. The Morgan fingerprint density at radius 3 is 1.83 bits per heavy atom. The summed E-state index contributed by atoms with van der Waals surface area (Å²) >= 11 is 0. The van der Waals surface area contributed by atoms with Crippen molar-refractivity contribution < 1.29 is 18.0 Å². The Morgan fingerprint density at radius 1 is 0.958 bits per heavy atom. The zero-order valence-electron chi connectivity index (χ0n) is 13.3. The predicted molar refractivity (Wildman–Crippen MR) is 90.6 cm³/mol. The number of nitrogens with two attached hydrogens (primary N) is 1. The van der Waals surface area contributed by atoms with Gasteiger partial charge in [0.25, 0.3) is 0 Å². The van der Waals surface area contributed by atoms with Crippen molar-refractivity contribution >= 4 is 27.2 Å². The van der Waals surface area contributed by atoms with Crippen LogP contribution in [0.4, 0.5) is 5.69 Å². The van der Waals surface area contributed by atoms with Gasteiger partial charge in [-0.25, -0.2) is 8.42 Å². The molecule has 0 heterocycles. The van der Waals surface area contributed by atoms with Crippen LogP contribution in [0.1, 0.15) is 24.2 Å². The van der Waals surface area contributed by atoms with Gasteiger partial charge in [-0.05, 0) is 50.2 Å². The Balaban J connectivity index is 2.26. The Hall–Kier alpha value is -2.51. The number of anilines is 1. The molecule has 24 heavy (non-hydrogen) atoms. The number of amides is 1. The van der Waals surface area contributed by atoms with Crippen LogP contribution in [0.25, 0.3) is 0 Å². The second kappa shape index (κ2) is 6.94. The molecule has 0 bridgehead atoms. The molecule has 3 N–H and O–H groups in total. The smallest absolute Gasteiger partial charge is 0.240 e. The SMILES string of the molecule is CC(=O)c1ccc(S(=O)(=O)c2ccc(NC(=O)C(C)N)cc2)cc1. The van der Waals surface area contributed by atoms with E-state index >= 15 is 0 Å². The molecule has 0 aliphatic carbocycles. The van der Waals surface area contributed by atoms with Crippen LogP contribution in [0, 0.1) is 0 Å². The summed E-state index contributed by atoms with van der Waals surface area (Å²) in [4.78, 5) is 23.0. The van der Waals surface area contributed by atoms with E-state index < -0.39 is 15.9 Å². The first-order valence-electron chi connectivity index (χ1n) is 7.24. The number of nitrogens with one attached hydrogen (secondary N) is 1. The molecule has 0 aromatic heterocycles. The number of carbonyl (C=O) groups excluding carboxylic acids is 2. The van der Waals surface area contributed by atoms with E-state index in [1.54, 1.807) is 6.92 Å². The molecule has 1 atom stereocenters. The predicted octanol–water partition coefficient (Wildman–Crippen LogP) is 2.01. The van der Waals surface area contributed by atoms with E-state index in [1.807, 2.05) is 0 Å². The normalized spacial score (nSPS) is 12.5. The molecule has 2 aromatic rings. The fourth-order valence-corrected chi connectivity index (χ4v) is 3.24. The van der Waals surface area contributed by atoms with E-state index in [0.717, 1.165) is 0 Å². The van der Waals surface area contributed by atoms with Gasteiger partial charge in [0.15, 0.2) is 5.78 Å². The van der Waals surface area contributed by atoms with Crippen molar-refractivity contribution in [3.05, 3.63) is 54.1 Å². The molecule has 1 unspecified atom stereocenters. The van der Waals surface area contributed by atoms with Crippen LogP contribution in [0.5, 0.6) is 0 Å². The van der Waals surface area contributed by atoms with Gasteiger partial charge in [0.1, 0.15) is 0 Å². The summed E-state index contributed by atoms with van der Waals surface area (Å²) in [6.07, 6.45) is 0. The number of Topliss-reactive ketones (excluding diaryl/α,β-unsaturated/α-hetero) is 1. The third-order valence-electron chi connectivity index (χ3n) is 3.42. The fraction of sp³-hybridized carbons (Fsp3) is 0.176. The van der Waals surface area contributed by atoms with E-state index in [-0.39, 0.29) is 21.5 Å². The van der Waals surface area contributed by atoms with Crippen LogP contribution in [0.3, 0.4) is 0 Å². The molecule has 0 aliphatic heterocycles. The molecule has 0 aliphatic rings. The highest BCUT2D eigenvalue weighted by Gasteiger charge is 2.18. The summed E-state index contributed by atoms with van der Waals surface area (Å²) in [5.74, 6) is -0.487. The number of hydrogen-bond acceptors (Lipinski definition) is 5. The quantitative estimate of drug-likeness (QED) is 0.806. The highest BCUT2D eigenvalue weighted by Crippen LogP contribution is 2.23. The van der Waals surface area contributed by atoms with Gasteiger partial charge >= 0.3 is 0 Å². The molecular formula is C17H18N2O4S. The van der Waals surface area contributed by atoms with Crippen LogP contribution in [0.15, 0.2) is 58.3 Å². The van der Waals surface area contributed by atoms with Gasteiger partial charge in [-0.2, -0.15) is 0 Å². The number of ketones is 1. The largest absolute Gasteiger partial charge is 0.325 e. The molecule has 0 fully saturated rings. The molecule has 0 saturated carbocycles. The first-order chi connectivity index (χ1) is 11.2. The van der Waals surface area contributed by atoms with Crippen molar-refractivity contribution in [3.63, 3.8) is 0 Å². The lowest BCUT2D eigenvalue weighted by atomic mass is 10.2. The van der Waals surface area contributed by atoms with E-state index in [2.05, 4.69) is 5.32 Å². The standard InChI is InChI=1S/C17H18N2O4S/c1-11(18)17(21)19-14-5-9-16(10-6-14)24(22,23)15-7-3-13(4-8-15)12(2)20/h3-11H,18H2,1-2H3,(H,19,21). The molecule has 0 radical (unpaired) electrons. The highest BCUT2D eigenvalue weighted by atomic mass is 32.2. The van der Waals surface area contributed by atoms with Crippen molar-refractivity contribution in [1.82, 2.24) is 0 Å². The maximum absolute atomic E-state index is 12.6. The minimum absolute atomic E-state index is 0.0943. The molecule has 0 spiro atoms. The lowest BCUT2D eigenvalue weighted by Gasteiger charge is -2.09. The average Bonchev–Trinajstić information content (AvgIpc) is 2.55. The maximum Gasteiger partial charge on any atom is 0.240 e. The number of rotatable bonds is 5. The van der Waals surface area contributed by atoms with Crippen LogP contribution < -0.4 is 11.1 Å². The van der Waals surface area contributed by atoms with Crippen LogP contribution in [-0.4, -0.2) is 26.2 Å². The van der Waals surface area contributed by atoms with Crippen LogP contribution in [-0.2, 0) is 14.6 Å². The van der Waals surface area contributed by atoms with E-state index in [0.29, 0.717) is 11.3 Å². The zero-order valence-corrected chi connectivity index (χ0v) is 14.1. The number of benzene rings is 2. The molecule has 6 nitrogen and oxygen atoms in total. The van der Waals surface area contributed by atoms with Crippen molar-refractivity contribution in [2.24, 2.45) is 5.73 Å². The summed E-state index contributed by atoms with van der Waals surface area (Å²) in [5.41, 5.74) is 6.37. The molecule has 0 saturated heterocycles. The lowest BCUT2D eigenvalue weighted by molar-refractivity contribution is -0.117. The summed E-state index contributed by atoms with van der Waals surface area (Å²) in [5, 5.41) is 2.58. The van der Waals surface area contributed by atoms with Crippen molar-refractivity contribution in [3.8, 4) is 0 Å². The number of carbonyl (C=O) groups is 2. The Labute approximate surface area is 140 Å². The second-order valence-corrected chi connectivity index (χ2v) is 7.34. The molecule has 126 valence electrons. The Bertz CT molecular complexity index is 854. The van der Waals surface area contributed by atoms with Crippen molar-refractivity contribution in [1.29, 1.82) is 0 Å². The molecule has 7 heteroatoms. The monoisotopic (exact) mass is 346 g/mol. The minimum atomic E-state index is -3.69. The zero-order chi connectivity index (χ0) is 17.9. The van der Waals surface area contributed by atoms with E-state index in [4.69, 9.17) is 5.73 Å². The van der Waals surface area contributed by atoms with Gasteiger partial charge in [-0.1, -0.05) is 12.1 Å². The van der Waals surface area contributed by atoms with Crippen molar-refractivity contribution in [2.45, 2.75) is 29.7 Å². The van der Waals surface area contributed by atoms with Gasteiger partial charge in [0.05, 0.1) is 15.8 Å². The topological polar surface area (TPSA) is 106 Å². The van der Waals surface area contributed by atoms with E-state index in [1.165, 1.54) is 55.5 Å². The van der Waals surface area contributed by atoms with Gasteiger partial charge in [-0.3, -0.25) is 9.59 Å². The third kappa shape index (κ3) is 3.87. The minimum Gasteiger partial charge on any atom is -0.325 e. The van der Waals surface area contributed by atoms with Crippen molar-refractivity contribution in [2.75, 3.05) is 5.32 Å². The number of hydrogen-bond donors (Lipinski definition) is 2. The number of sulfone groups is 1. The van der Waals surface area contributed by atoms with Gasteiger partial charge < -0.3 is 11.1 Å². The first kappa shape index (κ1) is 17.8. The Kier molecular flexibility index (Phi) is 5.16. The maximum atomic E-state index is 12.6. The molecule has 2 rings (SSSR count). The molecule has 1 amide bonds. The van der Waals surface area contributed by atoms with Gasteiger partial charge in [0, 0.05) is 11.3 Å². The summed E-state index contributed by atoms with van der Waals surface area (Å²) in [7, 11) is -3.69. The van der Waals surface area contributed by atoms with Crippen LogP contribution >= 0.6 is 0 Å².